The van der Waals surface area contributed by atoms with Crippen molar-refractivity contribution in [2.45, 2.75) is 25.7 Å². The second kappa shape index (κ2) is 9.17. The van der Waals surface area contributed by atoms with Gasteiger partial charge < -0.3 is 15.2 Å². The Labute approximate surface area is 126 Å². The fraction of sp³-hybridized carbons (Fsp3) is 0.571. The van der Waals surface area contributed by atoms with Gasteiger partial charge >= 0.3 is 6.36 Å². The first-order valence-corrected chi connectivity index (χ1v) is 7.85. The lowest BCUT2D eigenvalue weighted by atomic mass is 10.1. The van der Waals surface area contributed by atoms with Crippen LogP contribution >= 0.6 is 11.8 Å². The Balaban J connectivity index is 2.32. The topological polar surface area (TPSA) is 41.5 Å². The third-order valence-corrected chi connectivity index (χ3v) is 3.83. The van der Waals surface area contributed by atoms with Crippen LogP contribution in [-0.2, 0) is 0 Å². The number of halogens is 3. The minimum Gasteiger partial charge on any atom is -0.406 e. The highest BCUT2D eigenvalue weighted by Gasteiger charge is 2.30. The van der Waals surface area contributed by atoms with E-state index in [2.05, 4.69) is 10.1 Å². The van der Waals surface area contributed by atoms with Crippen LogP contribution in [0, 0.1) is 0 Å². The van der Waals surface area contributed by atoms with Crippen LogP contribution < -0.4 is 10.1 Å². The van der Waals surface area contributed by atoms with Crippen LogP contribution in [0.3, 0.4) is 0 Å². The summed E-state index contributed by atoms with van der Waals surface area (Å²) in [5.74, 6) is 1.65. The van der Waals surface area contributed by atoms with Crippen LogP contribution in [0.5, 0.6) is 5.75 Å². The molecule has 0 amide bonds. The number of rotatable bonds is 9. The first kappa shape index (κ1) is 18.1. The lowest BCUT2D eigenvalue weighted by Gasteiger charge is -2.15. The monoisotopic (exact) mass is 323 g/mol. The molecule has 0 aliphatic heterocycles. The standard InChI is InChI=1S/C14H20F3NO2S/c1-11(18-7-10-21-9-2-8-19)12-3-5-13(6-4-12)20-14(15,16)17/h3-6,11,18-19H,2,7-10H2,1H3. The second-order valence-electron chi connectivity index (χ2n) is 4.48. The van der Waals surface area contributed by atoms with E-state index in [-0.39, 0.29) is 18.4 Å². The Hall–Kier alpha value is -0.920. The van der Waals surface area contributed by atoms with Gasteiger partial charge in [-0.15, -0.1) is 13.2 Å². The lowest BCUT2D eigenvalue weighted by Crippen LogP contribution is -2.21. The molecular formula is C14H20F3NO2S. The maximum Gasteiger partial charge on any atom is 0.573 e. The van der Waals surface area contributed by atoms with Gasteiger partial charge in [-0.3, -0.25) is 0 Å². The van der Waals surface area contributed by atoms with Gasteiger partial charge in [-0.25, -0.2) is 0 Å². The molecule has 120 valence electrons. The normalized spacial score (nSPS) is 13.2. The van der Waals surface area contributed by atoms with Crippen molar-refractivity contribution in [3.8, 4) is 5.75 Å². The Kier molecular flexibility index (Phi) is 7.92. The van der Waals surface area contributed by atoms with Crippen LogP contribution in [0.4, 0.5) is 13.2 Å². The maximum atomic E-state index is 12.0. The molecule has 1 unspecified atom stereocenters. The maximum absolute atomic E-state index is 12.0. The van der Waals surface area contributed by atoms with Crippen molar-refractivity contribution in [2.24, 2.45) is 0 Å². The van der Waals surface area contributed by atoms with Gasteiger partial charge in [0.25, 0.3) is 0 Å². The molecule has 3 nitrogen and oxygen atoms in total. The predicted molar refractivity (Wildman–Crippen MR) is 78.6 cm³/mol. The summed E-state index contributed by atoms with van der Waals surface area (Å²) in [4.78, 5) is 0. The molecule has 1 aromatic rings. The molecule has 1 atom stereocenters. The van der Waals surface area contributed by atoms with Gasteiger partial charge in [0, 0.05) is 24.9 Å². The number of thioether (sulfide) groups is 1. The van der Waals surface area contributed by atoms with E-state index in [0.717, 1.165) is 30.0 Å². The third-order valence-electron chi connectivity index (χ3n) is 2.76. The number of nitrogens with one attached hydrogen (secondary N) is 1. The highest BCUT2D eigenvalue weighted by atomic mass is 32.2. The fourth-order valence-electron chi connectivity index (χ4n) is 1.69. The number of hydrogen-bond donors (Lipinski definition) is 2. The zero-order chi connectivity index (χ0) is 15.7. The SMILES string of the molecule is CC(NCCSCCCO)c1ccc(OC(F)(F)F)cc1. The third kappa shape index (κ3) is 8.18. The molecule has 0 aliphatic carbocycles. The van der Waals surface area contributed by atoms with E-state index in [4.69, 9.17) is 5.11 Å². The van der Waals surface area contributed by atoms with Gasteiger partial charge in [0.15, 0.2) is 0 Å². The Morgan fingerprint density at radius 1 is 1.24 bits per heavy atom. The van der Waals surface area contributed by atoms with Gasteiger partial charge in [0.05, 0.1) is 0 Å². The fourth-order valence-corrected chi connectivity index (χ4v) is 2.49. The Morgan fingerprint density at radius 3 is 2.48 bits per heavy atom. The van der Waals surface area contributed by atoms with Gasteiger partial charge in [0.1, 0.15) is 5.75 Å². The van der Waals surface area contributed by atoms with E-state index >= 15 is 0 Å². The molecule has 1 rings (SSSR count). The average molecular weight is 323 g/mol. The van der Waals surface area contributed by atoms with Crippen molar-refractivity contribution in [1.29, 1.82) is 0 Å². The van der Waals surface area contributed by atoms with Crippen LogP contribution in [0.25, 0.3) is 0 Å². The van der Waals surface area contributed by atoms with Crippen molar-refractivity contribution in [1.82, 2.24) is 5.32 Å². The highest BCUT2D eigenvalue weighted by Crippen LogP contribution is 2.24. The summed E-state index contributed by atoms with van der Waals surface area (Å²) >= 11 is 1.76. The highest BCUT2D eigenvalue weighted by molar-refractivity contribution is 7.99. The molecule has 0 spiro atoms. The van der Waals surface area contributed by atoms with Gasteiger partial charge in [-0.05, 0) is 36.8 Å². The summed E-state index contributed by atoms with van der Waals surface area (Å²) in [6, 6.07) is 5.94. The zero-order valence-corrected chi connectivity index (χ0v) is 12.6. The van der Waals surface area contributed by atoms with E-state index in [1.165, 1.54) is 12.1 Å². The van der Waals surface area contributed by atoms with Crippen LogP contribution in [0.15, 0.2) is 24.3 Å². The predicted octanol–water partition coefficient (Wildman–Crippen LogP) is 3.35. The number of aliphatic hydroxyl groups excluding tert-OH is 1. The van der Waals surface area contributed by atoms with Crippen molar-refractivity contribution in [3.63, 3.8) is 0 Å². The molecule has 21 heavy (non-hydrogen) atoms. The summed E-state index contributed by atoms with van der Waals surface area (Å²) in [6.07, 6.45) is -3.86. The molecular weight excluding hydrogens is 303 g/mol. The Morgan fingerprint density at radius 2 is 1.90 bits per heavy atom. The van der Waals surface area contributed by atoms with E-state index in [9.17, 15) is 13.2 Å². The summed E-state index contributed by atoms with van der Waals surface area (Å²) in [7, 11) is 0. The molecule has 0 saturated heterocycles. The van der Waals surface area contributed by atoms with Crippen LogP contribution in [0.2, 0.25) is 0 Å². The minimum absolute atomic E-state index is 0.0587. The molecule has 0 fully saturated rings. The summed E-state index contributed by atoms with van der Waals surface area (Å²) < 4.78 is 40.0. The van der Waals surface area contributed by atoms with Gasteiger partial charge in [0.2, 0.25) is 0 Å². The number of alkyl halides is 3. The van der Waals surface area contributed by atoms with E-state index in [1.54, 1.807) is 23.9 Å². The van der Waals surface area contributed by atoms with Crippen LogP contribution in [0.1, 0.15) is 24.9 Å². The molecule has 7 heteroatoms. The van der Waals surface area contributed by atoms with Crippen molar-refractivity contribution >= 4 is 11.8 Å². The number of hydrogen-bond acceptors (Lipinski definition) is 4. The molecule has 0 aromatic heterocycles. The van der Waals surface area contributed by atoms with Crippen molar-refractivity contribution < 1.29 is 23.0 Å². The average Bonchev–Trinajstić information content (AvgIpc) is 2.41. The second-order valence-corrected chi connectivity index (χ2v) is 5.71. The number of benzene rings is 1. The number of ether oxygens (including phenoxy) is 1. The number of aliphatic hydroxyl groups is 1. The van der Waals surface area contributed by atoms with Crippen LogP contribution in [-0.4, -0.2) is 36.1 Å². The first-order chi connectivity index (χ1) is 9.92. The molecule has 0 bridgehead atoms. The quantitative estimate of drug-likeness (QED) is 0.684. The van der Waals surface area contributed by atoms with E-state index < -0.39 is 6.36 Å². The van der Waals surface area contributed by atoms with Gasteiger partial charge in [-0.2, -0.15) is 11.8 Å². The smallest absolute Gasteiger partial charge is 0.406 e. The van der Waals surface area contributed by atoms with Crippen molar-refractivity contribution in [2.75, 3.05) is 24.7 Å². The summed E-state index contributed by atoms with van der Waals surface area (Å²) in [6.45, 7) is 2.97. The molecule has 2 N–H and O–H groups in total. The molecule has 0 aliphatic rings. The van der Waals surface area contributed by atoms with E-state index in [1.807, 2.05) is 6.92 Å². The molecule has 0 heterocycles. The minimum atomic E-state index is -4.66. The lowest BCUT2D eigenvalue weighted by molar-refractivity contribution is -0.274. The largest absolute Gasteiger partial charge is 0.573 e. The summed E-state index contributed by atoms with van der Waals surface area (Å²) in [5, 5.41) is 11.9. The molecule has 0 radical (unpaired) electrons. The first-order valence-electron chi connectivity index (χ1n) is 6.70. The molecule has 0 saturated carbocycles. The Bertz CT molecular complexity index is 398. The molecule has 1 aromatic carbocycles. The zero-order valence-electron chi connectivity index (χ0n) is 11.8. The van der Waals surface area contributed by atoms with E-state index in [0.29, 0.717) is 0 Å². The summed E-state index contributed by atoms with van der Waals surface area (Å²) in [5.41, 5.74) is 0.907. The van der Waals surface area contributed by atoms with Crippen molar-refractivity contribution in [3.05, 3.63) is 29.8 Å². The van der Waals surface area contributed by atoms with Gasteiger partial charge in [-0.1, -0.05) is 12.1 Å².